The van der Waals surface area contributed by atoms with Crippen molar-refractivity contribution in [2.45, 2.75) is 46.2 Å². The van der Waals surface area contributed by atoms with Crippen molar-refractivity contribution in [3.05, 3.63) is 35.7 Å². The second-order valence-corrected chi connectivity index (χ2v) is 7.77. The van der Waals surface area contributed by atoms with Gasteiger partial charge < -0.3 is 15.2 Å². The second kappa shape index (κ2) is 8.84. The maximum atomic E-state index is 12.6. The van der Waals surface area contributed by atoms with E-state index in [0.29, 0.717) is 24.8 Å². The molecule has 1 saturated heterocycles. The molecule has 1 amide bonds. The number of nitrogens with two attached hydrogens (primary N) is 1. The highest BCUT2D eigenvalue weighted by molar-refractivity contribution is 5.82. The number of carbonyl (C=O) groups excluding carboxylic acids is 1. The number of piperazine rings is 1. The molecular weight excluding hydrogens is 354 g/mol. The van der Waals surface area contributed by atoms with E-state index in [4.69, 9.17) is 10.3 Å². The molecule has 0 aliphatic carbocycles. The summed E-state index contributed by atoms with van der Waals surface area (Å²) in [6.07, 6.45) is 0.907. The summed E-state index contributed by atoms with van der Waals surface area (Å²) in [4.78, 5) is 21.3. The van der Waals surface area contributed by atoms with Gasteiger partial charge in [-0.2, -0.15) is 4.98 Å². The highest BCUT2D eigenvalue weighted by atomic mass is 16.5. The van der Waals surface area contributed by atoms with Crippen molar-refractivity contribution >= 4 is 5.91 Å². The lowest BCUT2D eigenvalue weighted by Gasteiger charge is -2.38. The van der Waals surface area contributed by atoms with Gasteiger partial charge in [-0.25, -0.2) is 0 Å². The highest BCUT2D eigenvalue weighted by Crippen LogP contribution is 2.24. The van der Waals surface area contributed by atoms with Gasteiger partial charge >= 0.3 is 0 Å². The number of rotatable bonds is 6. The van der Waals surface area contributed by atoms with E-state index in [1.807, 2.05) is 43.0 Å². The average molecular weight is 386 g/mol. The van der Waals surface area contributed by atoms with Crippen LogP contribution in [-0.2, 0) is 4.79 Å². The van der Waals surface area contributed by atoms with Crippen molar-refractivity contribution < 1.29 is 9.32 Å². The first-order valence-electron chi connectivity index (χ1n) is 10.1. The van der Waals surface area contributed by atoms with Gasteiger partial charge in [0.1, 0.15) is 0 Å². The van der Waals surface area contributed by atoms with Gasteiger partial charge in [-0.3, -0.25) is 9.69 Å². The van der Waals surface area contributed by atoms with Crippen molar-refractivity contribution in [3.8, 4) is 11.4 Å². The predicted octanol–water partition coefficient (Wildman–Crippen LogP) is 2.62. The first-order chi connectivity index (χ1) is 13.4. The number of amides is 1. The number of hydrogen-bond acceptors (Lipinski definition) is 6. The van der Waals surface area contributed by atoms with E-state index >= 15 is 0 Å². The van der Waals surface area contributed by atoms with Crippen molar-refractivity contribution in [1.82, 2.24) is 19.9 Å². The zero-order valence-corrected chi connectivity index (χ0v) is 17.3. The molecule has 1 fully saturated rings. The van der Waals surface area contributed by atoms with Crippen LogP contribution >= 0.6 is 0 Å². The second-order valence-electron chi connectivity index (χ2n) is 7.77. The fourth-order valence-electron chi connectivity index (χ4n) is 3.42. The zero-order valence-electron chi connectivity index (χ0n) is 17.3. The summed E-state index contributed by atoms with van der Waals surface area (Å²) in [5, 5.41) is 4.13. The van der Waals surface area contributed by atoms with E-state index in [1.54, 1.807) is 0 Å². The number of hydrogen-bond donors (Lipinski definition) is 1. The third-order valence-corrected chi connectivity index (χ3v) is 5.82. The largest absolute Gasteiger partial charge is 0.339 e. The molecule has 2 heterocycles. The number of aromatic nitrogens is 2. The van der Waals surface area contributed by atoms with E-state index in [0.717, 1.165) is 25.1 Å². The molecule has 2 N–H and O–H groups in total. The van der Waals surface area contributed by atoms with Gasteiger partial charge in [-0.15, -0.1) is 0 Å². The SMILES string of the molecule is CCC(C)C(N)C(=O)N1CCN(C(C)c2nc(-c3ccc(C)cc3)no2)CC1. The van der Waals surface area contributed by atoms with E-state index in [9.17, 15) is 4.79 Å². The molecule has 0 radical (unpaired) electrons. The first-order valence-corrected chi connectivity index (χ1v) is 10.1. The zero-order chi connectivity index (χ0) is 20.3. The molecule has 1 aliphatic heterocycles. The van der Waals surface area contributed by atoms with E-state index < -0.39 is 6.04 Å². The summed E-state index contributed by atoms with van der Waals surface area (Å²) in [5.41, 5.74) is 8.26. The van der Waals surface area contributed by atoms with E-state index in [1.165, 1.54) is 5.56 Å². The molecule has 3 rings (SSSR count). The van der Waals surface area contributed by atoms with Gasteiger partial charge in [0.05, 0.1) is 12.1 Å². The Morgan fingerprint density at radius 3 is 2.43 bits per heavy atom. The average Bonchev–Trinajstić information content (AvgIpc) is 3.22. The quantitative estimate of drug-likeness (QED) is 0.822. The molecule has 1 aromatic heterocycles. The Bertz CT molecular complexity index is 780. The molecule has 7 heteroatoms. The maximum absolute atomic E-state index is 12.6. The Morgan fingerprint density at radius 1 is 1.18 bits per heavy atom. The number of nitrogens with zero attached hydrogens (tertiary/aromatic N) is 4. The topological polar surface area (TPSA) is 88.5 Å². The van der Waals surface area contributed by atoms with Gasteiger partial charge in [0.15, 0.2) is 0 Å². The normalized spacial score (nSPS) is 18.7. The molecule has 7 nitrogen and oxygen atoms in total. The van der Waals surface area contributed by atoms with Gasteiger partial charge in [0, 0.05) is 31.7 Å². The van der Waals surface area contributed by atoms with E-state index in [2.05, 4.69) is 28.9 Å². The van der Waals surface area contributed by atoms with Crippen molar-refractivity contribution in [2.75, 3.05) is 26.2 Å². The van der Waals surface area contributed by atoms with Gasteiger partial charge in [-0.1, -0.05) is 55.3 Å². The van der Waals surface area contributed by atoms with Crippen LogP contribution in [-0.4, -0.2) is 58.1 Å². The molecule has 3 unspecified atom stereocenters. The Hall–Kier alpha value is -2.25. The molecule has 0 saturated carbocycles. The third-order valence-electron chi connectivity index (χ3n) is 5.82. The summed E-state index contributed by atoms with van der Waals surface area (Å²) in [6, 6.07) is 7.66. The highest BCUT2D eigenvalue weighted by Gasteiger charge is 2.31. The van der Waals surface area contributed by atoms with Crippen LogP contribution in [0.4, 0.5) is 0 Å². The summed E-state index contributed by atoms with van der Waals surface area (Å²) in [7, 11) is 0. The van der Waals surface area contributed by atoms with Crippen LogP contribution in [0.3, 0.4) is 0 Å². The van der Waals surface area contributed by atoms with E-state index in [-0.39, 0.29) is 17.9 Å². The van der Waals surface area contributed by atoms with Gasteiger partial charge in [0.25, 0.3) is 0 Å². The number of carbonyl (C=O) groups is 1. The summed E-state index contributed by atoms with van der Waals surface area (Å²) >= 11 is 0. The van der Waals surface area contributed by atoms with Gasteiger partial charge in [-0.05, 0) is 19.8 Å². The Balaban J connectivity index is 1.59. The Morgan fingerprint density at radius 2 is 1.82 bits per heavy atom. The van der Waals surface area contributed by atoms with Crippen LogP contribution in [0.2, 0.25) is 0 Å². The smallest absolute Gasteiger partial charge is 0.244 e. The molecule has 1 aliphatic rings. The fourth-order valence-corrected chi connectivity index (χ4v) is 3.42. The standard InChI is InChI=1S/C21H31N5O2/c1-5-15(3)18(22)21(27)26-12-10-25(11-13-26)16(4)20-23-19(24-28-20)17-8-6-14(2)7-9-17/h6-9,15-16,18H,5,10-13,22H2,1-4H3. The fraction of sp³-hybridized carbons (Fsp3) is 0.571. The number of benzene rings is 1. The van der Waals surface area contributed by atoms with Crippen LogP contribution in [0.25, 0.3) is 11.4 Å². The van der Waals surface area contributed by atoms with Crippen LogP contribution < -0.4 is 5.73 Å². The lowest BCUT2D eigenvalue weighted by molar-refractivity contribution is -0.135. The number of aryl methyl sites for hydroxylation is 1. The minimum atomic E-state index is -0.415. The minimum Gasteiger partial charge on any atom is -0.339 e. The Kier molecular flexibility index (Phi) is 6.46. The van der Waals surface area contributed by atoms with Crippen LogP contribution in [0.15, 0.2) is 28.8 Å². The van der Waals surface area contributed by atoms with Crippen molar-refractivity contribution in [2.24, 2.45) is 11.7 Å². The van der Waals surface area contributed by atoms with Crippen LogP contribution in [0.5, 0.6) is 0 Å². The van der Waals surface area contributed by atoms with Crippen molar-refractivity contribution in [3.63, 3.8) is 0 Å². The summed E-state index contributed by atoms with van der Waals surface area (Å²) < 4.78 is 5.52. The lowest BCUT2D eigenvalue weighted by atomic mass is 9.98. The first kappa shape index (κ1) is 20.5. The molecule has 28 heavy (non-hydrogen) atoms. The molecule has 152 valence electrons. The molecule has 1 aromatic carbocycles. The lowest BCUT2D eigenvalue weighted by Crippen LogP contribution is -2.54. The third kappa shape index (κ3) is 4.42. The Labute approximate surface area is 166 Å². The minimum absolute atomic E-state index is 0.00666. The summed E-state index contributed by atoms with van der Waals surface area (Å²) in [5.74, 6) is 1.46. The van der Waals surface area contributed by atoms with Gasteiger partial charge in [0.2, 0.25) is 17.6 Å². The molecule has 3 atom stereocenters. The molecule has 0 bridgehead atoms. The van der Waals surface area contributed by atoms with Crippen molar-refractivity contribution in [1.29, 1.82) is 0 Å². The molecule has 2 aromatic rings. The summed E-state index contributed by atoms with van der Waals surface area (Å²) in [6.45, 7) is 11.1. The predicted molar refractivity (Wildman–Crippen MR) is 108 cm³/mol. The van der Waals surface area contributed by atoms with Crippen LogP contribution in [0, 0.1) is 12.8 Å². The molecule has 0 spiro atoms. The monoisotopic (exact) mass is 385 g/mol. The van der Waals surface area contributed by atoms with Crippen LogP contribution in [0.1, 0.15) is 44.7 Å². The maximum Gasteiger partial charge on any atom is 0.244 e. The molecular formula is C21H31N5O2.